The van der Waals surface area contributed by atoms with Gasteiger partial charge in [0, 0.05) is 22.9 Å². The van der Waals surface area contributed by atoms with Crippen LogP contribution in [0.1, 0.15) is 101 Å². The van der Waals surface area contributed by atoms with Gasteiger partial charge in [0.2, 0.25) is 0 Å². The van der Waals surface area contributed by atoms with Crippen molar-refractivity contribution in [2.45, 2.75) is 103 Å². The fourth-order valence-corrected chi connectivity index (χ4v) is 5.82. The molecule has 0 amide bonds. The SMILES string of the molecule is CCCCCCCCCCCC(=O)Oc1cccc2nc3c(cc12)Cn1c-3cc2c(c1=O)COC(=O)[C@]2(O)CC. The van der Waals surface area contributed by atoms with E-state index in [0.29, 0.717) is 41.0 Å². The van der Waals surface area contributed by atoms with Crippen LogP contribution >= 0.6 is 0 Å². The van der Waals surface area contributed by atoms with Gasteiger partial charge in [0.05, 0.1) is 29.0 Å². The Hall–Kier alpha value is -3.52. The van der Waals surface area contributed by atoms with E-state index in [0.717, 1.165) is 24.8 Å². The number of hydrogen-bond donors (Lipinski definition) is 1. The number of carbonyl (C=O) groups excluding carboxylic acids is 2. The molecule has 1 aromatic carbocycles. The van der Waals surface area contributed by atoms with Crippen molar-refractivity contribution in [3.05, 3.63) is 57.4 Å². The number of rotatable bonds is 12. The Morgan fingerprint density at radius 1 is 1.05 bits per heavy atom. The van der Waals surface area contributed by atoms with Gasteiger partial charge in [-0.3, -0.25) is 9.59 Å². The summed E-state index contributed by atoms with van der Waals surface area (Å²) in [6.45, 7) is 4.03. The average molecular weight is 547 g/mol. The summed E-state index contributed by atoms with van der Waals surface area (Å²) >= 11 is 0. The van der Waals surface area contributed by atoms with E-state index in [1.54, 1.807) is 29.7 Å². The van der Waals surface area contributed by atoms with E-state index in [1.165, 1.54) is 38.5 Å². The van der Waals surface area contributed by atoms with Crippen LogP contribution in [0.4, 0.5) is 0 Å². The number of aliphatic hydroxyl groups is 1. The first kappa shape index (κ1) is 28.0. The monoisotopic (exact) mass is 546 g/mol. The first-order valence-electron chi connectivity index (χ1n) is 14.7. The summed E-state index contributed by atoms with van der Waals surface area (Å²) in [5.74, 6) is -0.548. The molecule has 4 heterocycles. The Morgan fingerprint density at radius 2 is 1.77 bits per heavy atom. The molecule has 2 aliphatic heterocycles. The molecule has 8 heteroatoms. The highest BCUT2D eigenvalue weighted by Crippen LogP contribution is 2.39. The fourth-order valence-electron chi connectivity index (χ4n) is 5.82. The number of esters is 2. The van der Waals surface area contributed by atoms with E-state index in [1.807, 2.05) is 12.1 Å². The summed E-state index contributed by atoms with van der Waals surface area (Å²) in [5, 5.41) is 11.8. The smallest absolute Gasteiger partial charge is 0.343 e. The number of ether oxygens (including phenoxy) is 2. The molecule has 1 atom stereocenters. The molecule has 5 rings (SSSR count). The first-order valence-corrected chi connectivity index (χ1v) is 14.7. The minimum Gasteiger partial charge on any atom is -0.458 e. The van der Waals surface area contributed by atoms with E-state index in [-0.39, 0.29) is 35.7 Å². The minimum absolute atomic E-state index is 0.0908. The molecule has 40 heavy (non-hydrogen) atoms. The third-order valence-electron chi connectivity index (χ3n) is 8.22. The lowest BCUT2D eigenvalue weighted by molar-refractivity contribution is -0.172. The standard InChI is InChI=1S/C32H38N2O6/c1-3-5-6-7-8-9-10-11-12-16-28(35)40-27-15-13-14-25-22(27)17-21-19-34-26(29(21)33-25)18-24-23(30(34)36)20-39-31(37)32(24,38)4-2/h13-15,17-18,38H,3-12,16,19-20H2,1-2H3/t32-/m0/s1. The molecule has 0 spiro atoms. The van der Waals surface area contributed by atoms with Crippen molar-refractivity contribution in [2.75, 3.05) is 0 Å². The molecule has 3 aromatic rings. The highest BCUT2D eigenvalue weighted by molar-refractivity contribution is 5.91. The molecule has 0 unspecified atom stereocenters. The zero-order chi connectivity index (χ0) is 28.3. The summed E-state index contributed by atoms with van der Waals surface area (Å²) in [6, 6.07) is 9.01. The van der Waals surface area contributed by atoms with Crippen LogP contribution in [0.5, 0.6) is 5.75 Å². The zero-order valence-electron chi connectivity index (χ0n) is 23.5. The number of hydrogen-bond acceptors (Lipinski definition) is 7. The molecular formula is C32H38N2O6. The maximum absolute atomic E-state index is 13.4. The van der Waals surface area contributed by atoms with Crippen LogP contribution < -0.4 is 10.3 Å². The summed E-state index contributed by atoms with van der Waals surface area (Å²) in [6.07, 6.45) is 11.1. The Morgan fingerprint density at radius 3 is 2.50 bits per heavy atom. The van der Waals surface area contributed by atoms with Gasteiger partial charge in [-0.1, -0.05) is 71.3 Å². The van der Waals surface area contributed by atoms with E-state index < -0.39 is 11.6 Å². The van der Waals surface area contributed by atoms with Gasteiger partial charge in [-0.25, -0.2) is 9.78 Å². The number of nitrogens with zero attached hydrogens (tertiary/aromatic N) is 2. The van der Waals surface area contributed by atoms with Crippen molar-refractivity contribution in [3.8, 4) is 17.1 Å². The largest absolute Gasteiger partial charge is 0.458 e. The fraction of sp³-hybridized carbons (Fsp3) is 0.500. The van der Waals surface area contributed by atoms with Crippen molar-refractivity contribution in [2.24, 2.45) is 0 Å². The highest BCUT2D eigenvalue weighted by atomic mass is 16.6. The summed E-state index contributed by atoms with van der Waals surface area (Å²) < 4.78 is 12.5. The third-order valence-corrected chi connectivity index (χ3v) is 8.22. The molecule has 0 fully saturated rings. The first-order chi connectivity index (χ1) is 19.4. The number of cyclic esters (lactones) is 1. The number of pyridine rings is 2. The molecule has 2 aliphatic rings. The Kier molecular flexibility index (Phi) is 8.35. The highest BCUT2D eigenvalue weighted by Gasteiger charge is 2.45. The van der Waals surface area contributed by atoms with Gasteiger partial charge < -0.3 is 19.1 Å². The lowest BCUT2D eigenvalue weighted by atomic mass is 9.86. The Bertz CT molecular complexity index is 1490. The molecule has 0 bridgehead atoms. The number of benzene rings is 1. The lowest BCUT2D eigenvalue weighted by Gasteiger charge is -2.31. The predicted molar refractivity (Wildman–Crippen MR) is 152 cm³/mol. The summed E-state index contributed by atoms with van der Waals surface area (Å²) in [7, 11) is 0. The van der Waals surface area contributed by atoms with Gasteiger partial charge in [0.1, 0.15) is 12.4 Å². The molecule has 8 nitrogen and oxygen atoms in total. The van der Waals surface area contributed by atoms with Gasteiger partial charge in [0.25, 0.3) is 5.56 Å². The second kappa shape index (κ2) is 11.9. The molecule has 1 N–H and O–H groups in total. The van der Waals surface area contributed by atoms with Crippen LogP contribution in [0.2, 0.25) is 0 Å². The molecule has 0 saturated carbocycles. The minimum atomic E-state index is -1.86. The molecule has 0 aliphatic carbocycles. The van der Waals surface area contributed by atoms with Crippen LogP contribution in [-0.4, -0.2) is 26.6 Å². The average Bonchev–Trinajstić information content (AvgIpc) is 3.31. The van der Waals surface area contributed by atoms with E-state index in [9.17, 15) is 19.5 Å². The van der Waals surface area contributed by atoms with Crippen molar-refractivity contribution in [3.63, 3.8) is 0 Å². The molecule has 0 saturated heterocycles. The molecule has 0 radical (unpaired) electrons. The normalized spacial score (nSPS) is 17.3. The topological polar surface area (TPSA) is 108 Å². The van der Waals surface area contributed by atoms with Crippen LogP contribution in [0.3, 0.4) is 0 Å². The quantitative estimate of drug-likeness (QED) is 0.134. The number of carbonyl (C=O) groups is 2. The number of fused-ring (bicyclic) bond motifs is 5. The van der Waals surface area contributed by atoms with Gasteiger partial charge in [-0.15, -0.1) is 0 Å². The number of unbranched alkanes of at least 4 members (excludes halogenated alkanes) is 8. The van der Waals surface area contributed by atoms with Crippen molar-refractivity contribution >= 4 is 22.8 Å². The predicted octanol–water partition coefficient (Wildman–Crippen LogP) is 5.91. The van der Waals surface area contributed by atoms with E-state index in [4.69, 9.17) is 14.5 Å². The second-order valence-corrected chi connectivity index (χ2v) is 11.0. The van der Waals surface area contributed by atoms with Gasteiger partial charge in [-0.2, -0.15) is 0 Å². The van der Waals surface area contributed by atoms with E-state index in [2.05, 4.69) is 6.92 Å². The van der Waals surface area contributed by atoms with Crippen LogP contribution in [0.25, 0.3) is 22.3 Å². The van der Waals surface area contributed by atoms with E-state index >= 15 is 0 Å². The molecule has 2 aromatic heterocycles. The van der Waals surface area contributed by atoms with Crippen molar-refractivity contribution in [1.29, 1.82) is 0 Å². The van der Waals surface area contributed by atoms with Crippen molar-refractivity contribution in [1.82, 2.24) is 9.55 Å². The molecular weight excluding hydrogens is 508 g/mol. The summed E-state index contributed by atoms with van der Waals surface area (Å²) in [4.78, 5) is 43.2. The zero-order valence-corrected chi connectivity index (χ0v) is 23.5. The van der Waals surface area contributed by atoms with Crippen LogP contribution in [-0.2, 0) is 33.1 Å². The Labute approximate surface area is 234 Å². The Balaban J connectivity index is 1.31. The maximum Gasteiger partial charge on any atom is 0.343 e. The second-order valence-electron chi connectivity index (χ2n) is 11.0. The van der Waals surface area contributed by atoms with Gasteiger partial charge in [-0.05, 0) is 37.1 Å². The lowest BCUT2D eigenvalue weighted by Crippen LogP contribution is -2.44. The third kappa shape index (κ3) is 5.29. The maximum atomic E-state index is 13.4. The van der Waals surface area contributed by atoms with Crippen molar-refractivity contribution < 1.29 is 24.2 Å². The number of aromatic nitrogens is 2. The van der Waals surface area contributed by atoms with Gasteiger partial charge >= 0.3 is 11.9 Å². The molecule has 212 valence electrons. The van der Waals surface area contributed by atoms with Crippen LogP contribution in [0, 0.1) is 0 Å². The van der Waals surface area contributed by atoms with Gasteiger partial charge in [0.15, 0.2) is 5.60 Å². The van der Waals surface area contributed by atoms with Crippen LogP contribution in [0.15, 0.2) is 35.1 Å². The summed E-state index contributed by atoms with van der Waals surface area (Å²) in [5.41, 5.74) is 1.02.